The van der Waals surface area contributed by atoms with Crippen LogP contribution in [0.1, 0.15) is 42.1 Å². The first-order valence-electron chi connectivity index (χ1n) is 6.91. The van der Waals surface area contributed by atoms with Crippen molar-refractivity contribution < 1.29 is 0 Å². The Morgan fingerprint density at radius 1 is 1.32 bits per heavy atom. The molecule has 2 N–H and O–H groups in total. The lowest BCUT2D eigenvalue weighted by molar-refractivity contribution is 0.443. The summed E-state index contributed by atoms with van der Waals surface area (Å²) in [6.07, 6.45) is 1.14. The highest BCUT2D eigenvalue weighted by molar-refractivity contribution is 7.07. The van der Waals surface area contributed by atoms with Crippen LogP contribution < -0.4 is 10.6 Å². The minimum Gasteiger partial charge on any atom is -0.313 e. The fourth-order valence-electron chi connectivity index (χ4n) is 2.75. The third kappa shape index (κ3) is 2.89. The predicted molar refractivity (Wildman–Crippen MR) is 81.4 cm³/mol. The third-order valence-electron chi connectivity index (χ3n) is 3.85. The smallest absolute Gasteiger partial charge is 0.0340 e. The average molecular weight is 272 g/mol. The summed E-state index contributed by atoms with van der Waals surface area (Å²) >= 11 is 1.77. The van der Waals surface area contributed by atoms with Crippen LogP contribution in [0.3, 0.4) is 0 Å². The van der Waals surface area contributed by atoms with Gasteiger partial charge < -0.3 is 10.6 Å². The molecule has 0 saturated heterocycles. The van der Waals surface area contributed by atoms with Crippen LogP contribution in [-0.2, 0) is 6.54 Å². The average Bonchev–Trinajstić information content (AvgIpc) is 2.90. The molecule has 1 aliphatic rings. The molecule has 0 radical (unpaired) electrons. The van der Waals surface area contributed by atoms with Gasteiger partial charge in [-0.2, -0.15) is 11.3 Å². The van der Waals surface area contributed by atoms with Gasteiger partial charge in [0.1, 0.15) is 0 Å². The molecule has 3 rings (SSSR count). The van der Waals surface area contributed by atoms with E-state index in [2.05, 4.69) is 58.6 Å². The molecule has 100 valence electrons. The standard InChI is InChI=1S/C16H20N2S/c1-12(14-7-9-19-11-14)18-16-6-8-17-10-13-4-2-3-5-15(13)16/h2-5,7,9,11-12,16-18H,6,8,10H2,1H3. The second kappa shape index (κ2) is 5.87. The molecule has 1 aromatic carbocycles. The van der Waals surface area contributed by atoms with Gasteiger partial charge >= 0.3 is 0 Å². The van der Waals surface area contributed by atoms with Crippen LogP contribution in [0.15, 0.2) is 41.1 Å². The van der Waals surface area contributed by atoms with Gasteiger partial charge in [-0.3, -0.25) is 0 Å². The predicted octanol–water partition coefficient (Wildman–Crippen LogP) is 3.63. The van der Waals surface area contributed by atoms with Gasteiger partial charge in [-0.15, -0.1) is 0 Å². The fraction of sp³-hybridized carbons (Fsp3) is 0.375. The summed E-state index contributed by atoms with van der Waals surface area (Å²) in [5.41, 5.74) is 4.27. The molecule has 2 atom stereocenters. The van der Waals surface area contributed by atoms with Crippen molar-refractivity contribution in [1.82, 2.24) is 10.6 Å². The van der Waals surface area contributed by atoms with Gasteiger partial charge in [0.05, 0.1) is 0 Å². The molecule has 0 aliphatic carbocycles. The number of hydrogen-bond donors (Lipinski definition) is 2. The van der Waals surface area contributed by atoms with E-state index in [0.29, 0.717) is 12.1 Å². The van der Waals surface area contributed by atoms with Crippen LogP contribution in [0, 0.1) is 0 Å². The van der Waals surface area contributed by atoms with E-state index in [-0.39, 0.29) is 0 Å². The van der Waals surface area contributed by atoms with Crippen molar-refractivity contribution in [1.29, 1.82) is 0 Å². The van der Waals surface area contributed by atoms with Crippen LogP contribution in [0.5, 0.6) is 0 Å². The molecule has 0 bridgehead atoms. The minimum absolute atomic E-state index is 0.405. The maximum Gasteiger partial charge on any atom is 0.0340 e. The van der Waals surface area contributed by atoms with E-state index in [0.717, 1.165) is 19.5 Å². The molecule has 0 spiro atoms. The molecule has 2 heterocycles. The quantitative estimate of drug-likeness (QED) is 0.891. The summed E-state index contributed by atoms with van der Waals surface area (Å²) in [4.78, 5) is 0. The second-order valence-electron chi connectivity index (χ2n) is 5.16. The number of benzene rings is 1. The number of fused-ring (bicyclic) bond motifs is 1. The maximum atomic E-state index is 3.78. The zero-order valence-electron chi connectivity index (χ0n) is 11.2. The summed E-state index contributed by atoms with van der Waals surface area (Å²) in [7, 11) is 0. The lowest BCUT2D eigenvalue weighted by Crippen LogP contribution is -2.25. The van der Waals surface area contributed by atoms with Crippen molar-refractivity contribution in [2.45, 2.75) is 32.0 Å². The molecular weight excluding hydrogens is 252 g/mol. The first kappa shape index (κ1) is 12.9. The van der Waals surface area contributed by atoms with Gasteiger partial charge in [0.15, 0.2) is 0 Å². The number of hydrogen-bond acceptors (Lipinski definition) is 3. The molecule has 0 saturated carbocycles. The lowest BCUT2D eigenvalue weighted by Gasteiger charge is -2.23. The Labute approximate surface area is 118 Å². The largest absolute Gasteiger partial charge is 0.313 e. The first-order valence-corrected chi connectivity index (χ1v) is 7.85. The summed E-state index contributed by atoms with van der Waals surface area (Å²) in [5.74, 6) is 0. The number of thiophene rings is 1. The zero-order valence-corrected chi connectivity index (χ0v) is 12.0. The van der Waals surface area contributed by atoms with Gasteiger partial charge in [0, 0.05) is 18.6 Å². The fourth-order valence-corrected chi connectivity index (χ4v) is 3.51. The lowest BCUT2D eigenvalue weighted by atomic mass is 9.98. The Bertz CT molecular complexity index is 521. The van der Waals surface area contributed by atoms with Crippen LogP contribution in [0.2, 0.25) is 0 Å². The van der Waals surface area contributed by atoms with E-state index in [9.17, 15) is 0 Å². The molecule has 3 heteroatoms. The van der Waals surface area contributed by atoms with Crippen LogP contribution in [-0.4, -0.2) is 6.54 Å². The Kier molecular flexibility index (Phi) is 3.97. The SMILES string of the molecule is CC(NC1CCNCc2ccccc21)c1ccsc1. The molecule has 19 heavy (non-hydrogen) atoms. The minimum atomic E-state index is 0.405. The van der Waals surface area contributed by atoms with Gasteiger partial charge in [-0.25, -0.2) is 0 Å². The molecule has 1 aromatic heterocycles. The van der Waals surface area contributed by atoms with Crippen molar-refractivity contribution in [3.63, 3.8) is 0 Å². The van der Waals surface area contributed by atoms with E-state index >= 15 is 0 Å². The van der Waals surface area contributed by atoms with Gasteiger partial charge in [-0.1, -0.05) is 24.3 Å². The molecule has 2 nitrogen and oxygen atoms in total. The van der Waals surface area contributed by atoms with Crippen molar-refractivity contribution >= 4 is 11.3 Å². The third-order valence-corrected chi connectivity index (χ3v) is 4.55. The van der Waals surface area contributed by atoms with Gasteiger partial charge in [0.25, 0.3) is 0 Å². The highest BCUT2D eigenvalue weighted by Crippen LogP contribution is 2.27. The molecule has 0 amide bonds. The molecular formula is C16H20N2S. The van der Waals surface area contributed by atoms with Gasteiger partial charge in [-0.05, 0) is 53.4 Å². The van der Waals surface area contributed by atoms with E-state index in [4.69, 9.17) is 0 Å². The Balaban J connectivity index is 1.80. The Hall–Kier alpha value is -1.16. The van der Waals surface area contributed by atoms with Crippen LogP contribution in [0.25, 0.3) is 0 Å². The van der Waals surface area contributed by atoms with Gasteiger partial charge in [0.2, 0.25) is 0 Å². The van der Waals surface area contributed by atoms with E-state index in [1.54, 1.807) is 11.3 Å². The Morgan fingerprint density at radius 2 is 2.21 bits per heavy atom. The zero-order chi connectivity index (χ0) is 13.1. The monoisotopic (exact) mass is 272 g/mol. The second-order valence-corrected chi connectivity index (χ2v) is 5.94. The molecule has 1 aliphatic heterocycles. The van der Waals surface area contributed by atoms with Crippen molar-refractivity contribution in [2.24, 2.45) is 0 Å². The molecule has 2 aromatic rings. The van der Waals surface area contributed by atoms with Crippen molar-refractivity contribution in [2.75, 3.05) is 6.54 Å². The summed E-state index contributed by atoms with van der Waals surface area (Å²) in [5, 5.41) is 11.7. The van der Waals surface area contributed by atoms with Crippen LogP contribution in [0.4, 0.5) is 0 Å². The maximum absolute atomic E-state index is 3.78. The highest BCUT2D eigenvalue weighted by atomic mass is 32.1. The topological polar surface area (TPSA) is 24.1 Å². The number of nitrogens with one attached hydrogen (secondary N) is 2. The van der Waals surface area contributed by atoms with Crippen LogP contribution >= 0.6 is 11.3 Å². The normalized spacial score (nSPS) is 20.6. The van der Waals surface area contributed by atoms with Crippen molar-refractivity contribution in [3.05, 3.63) is 57.8 Å². The number of rotatable bonds is 3. The Morgan fingerprint density at radius 3 is 3.05 bits per heavy atom. The van der Waals surface area contributed by atoms with E-state index in [1.165, 1.54) is 16.7 Å². The first-order chi connectivity index (χ1) is 9.34. The van der Waals surface area contributed by atoms with E-state index < -0.39 is 0 Å². The summed E-state index contributed by atoms with van der Waals surface area (Å²) < 4.78 is 0. The molecule has 2 unspecified atom stereocenters. The summed E-state index contributed by atoms with van der Waals surface area (Å²) in [6, 6.07) is 11.8. The van der Waals surface area contributed by atoms with E-state index in [1.807, 2.05) is 0 Å². The highest BCUT2D eigenvalue weighted by Gasteiger charge is 2.20. The summed E-state index contributed by atoms with van der Waals surface area (Å²) in [6.45, 7) is 4.31. The van der Waals surface area contributed by atoms with Crippen molar-refractivity contribution in [3.8, 4) is 0 Å². The molecule has 0 fully saturated rings.